The first-order valence-corrected chi connectivity index (χ1v) is 9.14. The lowest BCUT2D eigenvalue weighted by Gasteiger charge is -2.60. The molecule has 2 heteroatoms. The van der Waals surface area contributed by atoms with Crippen molar-refractivity contribution in [1.82, 2.24) is 0 Å². The summed E-state index contributed by atoms with van der Waals surface area (Å²) in [7, 11) is 0. The Morgan fingerprint density at radius 3 is 2.62 bits per heavy atom. The van der Waals surface area contributed by atoms with E-state index in [0.717, 1.165) is 32.1 Å². The van der Waals surface area contributed by atoms with Crippen molar-refractivity contribution in [2.24, 2.45) is 34.5 Å². The van der Waals surface area contributed by atoms with Crippen LogP contribution < -0.4 is 0 Å². The van der Waals surface area contributed by atoms with Gasteiger partial charge >= 0.3 is 0 Å². The van der Waals surface area contributed by atoms with Crippen molar-refractivity contribution in [3.63, 3.8) is 0 Å². The molecule has 0 spiro atoms. The largest absolute Gasteiger partial charge is 0.299 e. The molecule has 0 N–H and O–H groups in total. The standard InChI is InChI=1S/C19H29FO/c1-18-9-4-3-5-15(18)16(20)11-12-13-6-7-17(21)19(13,2)10-8-14(12)18/h12-16H,3-11H2,1-2H3/t12-,13-,14-,15-,16+,18+,19+/m1/s1. The molecule has 0 unspecified atom stereocenters. The predicted octanol–water partition coefficient (Wildman–Crippen LogP) is 4.94. The molecule has 0 amide bonds. The van der Waals surface area contributed by atoms with E-state index in [1.165, 1.54) is 25.7 Å². The van der Waals surface area contributed by atoms with Crippen molar-refractivity contribution in [2.45, 2.75) is 77.8 Å². The quantitative estimate of drug-likeness (QED) is 0.618. The smallest absolute Gasteiger partial charge is 0.139 e. The van der Waals surface area contributed by atoms with E-state index in [0.29, 0.717) is 29.5 Å². The van der Waals surface area contributed by atoms with Crippen molar-refractivity contribution < 1.29 is 9.18 Å². The van der Waals surface area contributed by atoms with Gasteiger partial charge in [-0.25, -0.2) is 4.39 Å². The van der Waals surface area contributed by atoms with Crippen LogP contribution in [0.1, 0.15) is 71.6 Å². The van der Waals surface area contributed by atoms with Gasteiger partial charge in [0.05, 0.1) is 0 Å². The molecule has 0 radical (unpaired) electrons. The summed E-state index contributed by atoms with van der Waals surface area (Å²) in [5.74, 6) is 2.40. The molecule has 21 heavy (non-hydrogen) atoms. The van der Waals surface area contributed by atoms with Gasteiger partial charge in [-0.3, -0.25) is 4.79 Å². The fourth-order valence-electron chi connectivity index (χ4n) is 7.07. The van der Waals surface area contributed by atoms with Crippen LogP contribution in [0.4, 0.5) is 4.39 Å². The summed E-state index contributed by atoms with van der Waals surface area (Å²) in [6.45, 7) is 4.57. The van der Waals surface area contributed by atoms with Crippen LogP contribution in [-0.2, 0) is 4.79 Å². The highest BCUT2D eigenvalue weighted by molar-refractivity contribution is 5.87. The molecule has 0 aromatic carbocycles. The summed E-state index contributed by atoms with van der Waals surface area (Å²) in [6.07, 6.45) is 8.97. The van der Waals surface area contributed by atoms with Crippen molar-refractivity contribution in [2.75, 3.05) is 0 Å². The van der Waals surface area contributed by atoms with Gasteiger partial charge in [0, 0.05) is 11.8 Å². The number of halogens is 1. The fourth-order valence-corrected chi connectivity index (χ4v) is 7.07. The van der Waals surface area contributed by atoms with Crippen LogP contribution >= 0.6 is 0 Å². The minimum absolute atomic E-state index is 0.112. The second kappa shape index (κ2) is 4.55. The third kappa shape index (κ3) is 1.77. The summed E-state index contributed by atoms with van der Waals surface area (Å²) in [5.41, 5.74) is 0.103. The summed E-state index contributed by atoms with van der Waals surface area (Å²) < 4.78 is 14.9. The van der Waals surface area contributed by atoms with E-state index in [1.807, 2.05) is 0 Å². The van der Waals surface area contributed by atoms with Gasteiger partial charge < -0.3 is 0 Å². The van der Waals surface area contributed by atoms with E-state index in [9.17, 15) is 9.18 Å². The molecule has 4 aliphatic rings. The molecule has 0 saturated heterocycles. The molecular formula is C19H29FO. The number of alkyl halides is 1. The molecular weight excluding hydrogens is 263 g/mol. The normalized spacial score (nSPS) is 56.5. The monoisotopic (exact) mass is 292 g/mol. The zero-order valence-corrected chi connectivity index (χ0v) is 13.5. The van der Waals surface area contributed by atoms with Gasteiger partial charge in [-0.15, -0.1) is 0 Å². The predicted molar refractivity (Wildman–Crippen MR) is 81.6 cm³/mol. The number of rotatable bonds is 0. The zero-order chi connectivity index (χ0) is 14.8. The number of hydrogen-bond acceptors (Lipinski definition) is 1. The second-order valence-electron chi connectivity index (χ2n) is 8.90. The van der Waals surface area contributed by atoms with Crippen LogP contribution in [0.2, 0.25) is 0 Å². The molecule has 1 nitrogen and oxygen atoms in total. The molecule has 118 valence electrons. The Kier molecular flexibility index (Phi) is 3.08. The van der Waals surface area contributed by atoms with Crippen molar-refractivity contribution >= 4 is 5.78 Å². The molecule has 7 atom stereocenters. The molecule has 4 aliphatic carbocycles. The zero-order valence-electron chi connectivity index (χ0n) is 13.5. The van der Waals surface area contributed by atoms with Gasteiger partial charge in [0.2, 0.25) is 0 Å². The maximum Gasteiger partial charge on any atom is 0.139 e. The third-order valence-corrected chi connectivity index (χ3v) is 8.25. The van der Waals surface area contributed by atoms with Crippen molar-refractivity contribution in [3.8, 4) is 0 Å². The number of Topliss-reactive ketones (excluding diaryl/α,β-unsaturated/α-hetero) is 1. The van der Waals surface area contributed by atoms with Crippen molar-refractivity contribution in [3.05, 3.63) is 0 Å². The maximum atomic E-state index is 14.9. The van der Waals surface area contributed by atoms with Crippen LogP contribution in [0.15, 0.2) is 0 Å². The number of fused-ring (bicyclic) bond motifs is 5. The first-order chi connectivity index (χ1) is 9.97. The van der Waals surface area contributed by atoms with Crippen LogP contribution in [0.3, 0.4) is 0 Å². The van der Waals surface area contributed by atoms with Crippen LogP contribution in [0.25, 0.3) is 0 Å². The summed E-state index contributed by atoms with van der Waals surface area (Å²) in [5, 5.41) is 0. The van der Waals surface area contributed by atoms with Crippen molar-refractivity contribution in [1.29, 1.82) is 0 Å². The highest BCUT2D eigenvalue weighted by atomic mass is 19.1. The van der Waals surface area contributed by atoms with E-state index in [1.54, 1.807) is 0 Å². The average Bonchev–Trinajstić information content (AvgIpc) is 2.75. The van der Waals surface area contributed by atoms with E-state index in [2.05, 4.69) is 13.8 Å². The maximum absolute atomic E-state index is 14.9. The first kappa shape index (κ1) is 14.2. The number of carbonyl (C=O) groups excluding carboxylic acids is 1. The minimum atomic E-state index is -0.616. The lowest BCUT2D eigenvalue weighted by atomic mass is 9.45. The Balaban J connectivity index is 1.69. The topological polar surface area (TPSA) is 17.1 Å². The second-order valence-corrected chi connectivity index (χ2v) is 8.90. The lowest BCUT2D eigenvalue weighted by molar-refractivity contribution is -0.148. The number of carbonyl (C=O) groups is 1. The van der Waals surface area contributed by atoms with E-state index < -0.39 is 6.17 Å². The van der Waals surface area contributed by atoms with Gasteiger partial charge in [0.15, 0.2) is 0 Å². The van der Waals surface area contributed by atoms with Crippen LogP contribution in [0.5, 0.6) is 0 Å². The van der Waals surface area contributed by atoms with Gasteiger partial charge in [-0.1, -0.05) is 26.7 Å². The van der Waals surface area contributed by atoms with E-state index >= 15 is 0 Å². The van der Waals surface area contributed by atoms with E-state index in [-0.39, 0.29) is 10.8 Å². The van der Waals surface area contributed by atoms with E-state index in [4.69, 9.17) is 0 Å². The molecule has 4 saturated carbocycles. The minimum Gasteiger partial charge on any atom is -0.299 e. The Morgan fingerprint density at radius 1 is 1.00 bits per heavy atom. The average molecular weight is 292 g/mol. The molecule has 4 rings (SSSR count). The van der Waals surface area contributed by atoms with Crippen LogP contribution in [0, 0.1) is 34.5 Å². The Morgan fingerprint density at radius 2 is 1.81 bits per heavy atom. The third-order valence-electron chi connectivity index (χ3n) is 8.25. The Labute approximate surface area is 128 Å². The summed E-state index contributed by atoms with van der Waals surface area (Å²) >= 11 is 0. The highest BCUT2D eigenvalue weighted by Crippen LogP contribution is 2.65. The van der Waals surface area contributed by atoms with Crippen LogP contribution in [-0.4, -0.2) is 12.0 Å². The van der Waals surface area contributed by atoms with Gasteiger partial charge in [0.25, 0.3) is 0 Å². The molecule has 0 aromatic heterocycles. The molecule has 0 bridgehead atoms. The number of ketones is 1. The molecule has 0 aromatic rings. The number of hydrogen-bond donors (Lipinski definition) is 0. The lowest BCUT2D eigenvalue weighted by Crippen LogP contribution is -2.56. The van der Waals surface area contributed by atoms with Gasteiger partial charge in [-0.2, -0.15) is 0 Å². The molecule has 0 heterocycles. The summed E-state index contributed by atoms with van der Waals surface area (Å²) in [4.78, 5) is 12.4. The SMILES string of the molecule is C[C@@]12CCCC[C@@H]1[C@@H](F)C[C@H]1[C@H]2CC[C@]2(C)C(=O)CC[C@H]12. The fraction of sp³-hybridized carbons (Fsp3) is 0.947. The Hall–Kier alpha value is -0.400. The Bertz CT molecular complexity index is 460. The van der Waals surface area contributed by atoms with Gasteiger partial charge in [0.1, 0.15) is 12.0 Å². The molecule has 4 fully saturated rings. The highest BCUT2D eigenvalue weighted by Gasteiger charge is 2.61. The summed E-state index contributed by atoms with van der Waals surface area (Å²) in [6, 6.07) is 0. The van der Waals surface area contributed by atoms with Gasteiger partial charge in [-0.05, 0) is 67.6 Å². The molecule has 0 aliphatic heterocycles. The first-order valence-electron chi connectivity index (χ1n) is 9.14.